The number of halogens is 3. The highest BCUT2D eigenvalue weighted by Crippen LogP contribution is 2.39. The largest absolute Gasteiger partial charge is 0.417 e. The fraction of sp³-hybridized carbons (Fsp3) is 0.0476. The van der Waals surface area contributed by atoms with Gasteiger partial charge in [0.15, 0.2) is 0 Å². The molecule has 28 heavy (non-hydrogen) atoms. The van der Waals surface area contributed by atoms with Crippen molar-refractivity contribution in [3.05, 3.63) is 78.4 Å². The van der Waals surface area contributed by atoms with Gasteiger partial charge in [0.1, 0.15) is 0 Å². The van der Waals surface area contributed by atoms with Crippen LogP contribution in [0.5, 0.6) is 0 Å². The van der Waals surface area contributed by atoms with E-state index >= 15 is 0 Å². The van der Waals surface area contributed by atoms with Crippen molar-refractivity contribution >= 4 is 5.69 Å². The third kappa shape index (κ3) is 3.46. The normalized spacial score (nSPS) is 11.5. The van der Waals surface area contributed by atoms with Crippen LogP contribution in [0.25, 0.3) is 34.0 Å². The topological polar surface area (TPSA) is 64.9 Å². The monoisotopic (exact) mass is 381 g/mol. The van der Waals surface area contributed by atoms with Crippen LogP contribution < -0.4 is 5.73 Å². The van der Waals surface area contributed by atoms with Crippen molar-refractivity contribution in [3.63, 3.8) is 0 Å². The highest BCUT2D eigenvalue weighted by molar-refractivity contribution is 5.72. The van der Waals surface area contributed by atoms with Crippen LogP contribution in [0, 0.1) is 0 Å². The molecule has 0 saturated carbocycles. The van der Waals surface area contributed by atoms with Crippen LogP contribution >= 0.6 is 0 Å². The molecule has 4 rings (SSSR count). The lowest BCUT2D eigenvalue weighted by Crippen LogP contribution is -2.07. The number of benzene rings is 3. The fourth-order valence-electron chi connectivity index (χ4n) is 2.87. The minimum Gasteiger partial charge on any atom is -0.399 e. The number of nitrogens with zero attached hydrogens (tertiary/aromatic N) is 2. The average molecular weight is 381 g/mol. The van der Waals surface area contributed by atoms with E-state index in [1.165, 1.54) is 12.1 Å². The first-order valence-corrected chi connectivity index (χ1v) is 8.38. The lowest BCUT2D eigenvalue weighted by atomic mass is 9.97. The molecule has 0 aliphatic heterocycles. The zero-order valence-corrected chi connectivity index (χ0v) is 14.4. The van der Waals surface area contributed by atoms with Gasteiger partial charge in [-0.15, -0.1) is 0 Å². The summed E-state index contributed by atoms with van der Waals surface area (Å²) in [6.07, 6.45) is -4.53. The van der Waals surface area contributed by atoms with Crippen LogP contribution in [-0.4, -0.2) is 10.1 Å². The first-order chi connectivity index (χ1) is 13.4. The van der Waals surface area contributed by atoms with Gasteiger partial charge in [-0.05, 0) is 47.5 Å². The van der Waals surface area contributed by atoms with Crippen LogP contribution in [0.2, 0.25) is 0 Å². The number of alkyl halides is 3. The Morgan fingerprint density at radius 2 is 1.46 bits per heavy atom. The minimum absolute atomic E-state index is 0.0111. The summed E-state index contributed by atoms with van der Waals surface area (Å²) in [6.45, 7) is 0. The van der Waals surface area contributed by atoms with Crippen molar-refractivity contribution in [2.75, 3.05) is 5.73 Å². The molecule has 0 unspecified atom stereocenters. The molecule has 0 aliphatic carbocycles. The summed E-state index contributed by atoms with van der Waals surface area (Å²) in [5.41, 5.74) is 6.89. The average Bonchev–Trinajstić information content (AvgIpc) is 3.18. The van der Waals surface area contributed by atoms with Gasteiger partial charge in [-0.1, -0.05) is 41.6 Å². The van der Waals surface area contributed by atoms with Crippen molar-refractivity contribution in [2.24, 2.45) is 0 Å². The van der Waals surface area contributed by atoms with E-state index in [0.29, 0.717) is 16.8 Å². The highest BCUT2D eigenvalue weighted by atomic mass is 19.4. The van der Waals surface area contributed by atoms with Crippen molar-refractivity contribution in [3.8, 4) is 34.0 Å². The zero-order chi connectivity index (χ0) is 19.7. The summed E-state index contributed by atoms with van der Waals surface area (Å²) in [7, 11) is 0. The van der Waals surface area contributed by atoms with E-state index in [1.807, 2.05) is 0 Å². The maximum absolute atomic E-state index is 13.7. The first kappa shape index (κ1) is 17.8. The standard InChI is InChI=1S/C21H14F3N3O/c22-21(23,24)18-12-15(8-11-17(18)13-4-2-1-3-5-13)20-26-19(27-28-20)14-6-9-16(25)10-7-14/h1-12H,25H2. The van der Waals surface area contributed by atoms with Gasteiger partial charge in [-0.2, -0.15) is 18.2 Å². The van der Waals surface area contributed by atoms with Crippen molar-refractivity contribution in [1.29, 1.82) is 0 Å². The Balaban J connectivity index is 1.76. The molecule has 1 aromatic heterocycles. The second-order valence-corrected chi connectivity index (χ2v) is 6.17. The molecular formula is C21H14F3N3O. The molecule has 0 aliphatic rings. The molecule has 0 amide bonds. The van der Waals surface area contributed by atoms with E-state index in [-0.39, 0.29) is 22.8 Å². The molecule has 0 spiro atoms. The van der Waals surface area contributed by atoms with E-state index in [2.05, 4.69) is 10.1 Å². The van der Waals surface area contributed by atoms with Gasteiger partial charge >= 0.3 is 6.18 Å². The lowest BCUT2D eigenvalue weighted by Gasteiger charge is -2.14. The van der Waals surface area contributed by atoms with Crippen molar-refractivity contribution < 1.29 is 17.7 Å². The van der Waals surface area contributed by atoms with E-state index in [9.17, 15) is 13.2 Å². The molecule has 140 valence electrons. The Morgan fingerprint density at radius 3 is 2.14 bits per heavy atom. The molecule has 4 nitrogen and oxygen atoms in total. The summed E-state index contributed by atoms with van der Waals surface area (Å²) >= 11 is 0. The molecule has 0 radical (unpaired) electrons. The van der Waals surface area contributed by atoms with Gasteiger partial charge in [-0.25, -0.2) is 0 Å². The number of hydrogen-bond acceptors (Lipinski definition) is 4. The Kier molecular flexibility index (Phi) is 4.35. The van der Waals surface area contributed by atoms with Gasteiger partial charge in [0.05, 0.1) is 5.56 Å². The van der Waals surface area contributed by atoms with Gasteiger partial charge in [0.25, 0.3) is 5.89 Å². The smallest absolute Gasteiger partial charge is 0.399 e. The Labute approximate surface area is 158 Å². The zero-order valence-electron chi connectivity index (χ0n) is 14.4. The van der Waals surface area contributed by atoms with Crippen LogP contribution in [-0.2, 0) is 6.18 Å². The molecule has 0 fully saturated rings. The van der Waals surface area contributed by atoms with E-state index in [0.717, 1.165) is 6.07 Å². The van der Waals surface area contributed by atoms with Crippen LogP contribution in [0.1, 0.15) is 5.56 Å². The minimum atomic E-state index is -4.53. The number of rotatable bonds is 3. The number of nitrogen functional groups attached to an aromatic ring is 1. The second kappa shape index (κ2) is 6.84. The Morgan fingerprint density at radius 1 is 0.786 bits per heavy atom. The SMILES string of the molecule is Nc1ccc(-c2noc(-c3ccc(-c4ccccc4)c(C(F)(F)F)c3)n2)cc1. The highest BCUT2D eigenvalue weighted by Gasteiger charge is 2.34. The summed E-state index contributed by atoms with van der Waals surface area (Å²) in [5.74, 6) is 0.285. The quantitative estimate of drug-likeness (QED) is 0.464. The van der Waals surface area contributed by atoms with Crippen molar-refractivity contribution in [2.45, 2.75) is 6.18 Å². The van der Waals surface area contributed by atoms with Crippen LogP contribution in [0.3, 0.4) is 0 Å². The van der Waals surface area contributed by atoms with Gasteiger partial charge < -0.3 is 10.3 Å². The summed E-state index contributed by atoms with van der Waals surface area (Å²) in [4.78, 5) is 4.22. The van der Waals surface area contributed by atoms with Gasteiger partial charge in [0.2, 0.25) is 5.82 Å². The molecule has 2 N–H and O–H groups in total. The molecule has 0 atom stereocenters. The molecule has 1 heterocycles. The number of nitrogens with two attached hydrogens (primary N) is 1. The molecular weight excluding hydrogens is 367 g/mol. The summed E-state index contributed by atoms with van der Waals surface area (Å²) in [5, 5.41) is 3.86. The maximum atomic E-state index is 13.7. The first-order valence-electron chi connectivity index (χ1n) is 8.38. The number of aromatic nitrogens is 2. The van der Waals surface area contributed by atoms with Gasteiger partial charge in [0, 0.05) is 16.8 Å². The third-order valence-electron chi connectivity index (χ3n) is 4.25. The number of anilines is 1. The van der Waals surface area contributed by atoms with Crippen LogP contribution in [0.15, 0.2) is 77.3 Å². The van der Waals surface area contributed by atoms with Crippen molar-refractivity contribution in [1.82, 2.24) is 10.1 Å². The summed E-state index contributed by atoms with van der Waals surface area (Å²) in [6, 6.07) is 19.2. The summed E-state index contributed by atoms with van der Waals surface area (Å²) < 4.78 is 46.2. The predicted octanol–water partition coefficient (Wildman–Crippen LogP) is 5.67. The Hall–Kier alpha value is -3.61. The lowest BCUT2D eigenvalue weighted by molar-refractivity contribution is -0.137. The molecule has 3 aromatic carbocycles. The second-order valence-electron chi connectivity index (χ2n) is 6.17. The molecule has 4 aromatic rings. The maximum Gasteiger partial charge on any atom is 0.417 e. The van der Waals surface area contributed by atoms with E-state index in [1.54, 1.807) is 54.6 Å². The molecule has 0 saturated heterocycles. The van der Waals surface area contributed by atoms with Gasteiger partial charge in [-0.3, -0.25) is 0 Å². The predicted molar refractivity (Wildman–Crippen MR) is 100 cm³/mol. The molecule has 7 heteroatoms. The third-order valence-corrected chi connectivity index (χ3v) is 4.25. The molecule has 0 bridgehead atoms. The van der Waals surface area contributed by atoms with E-state index in [4.69, 9.17) is 10.3 Å². The van der Waals surface area contributed by atoms with Crippen LogP contribution in [0.4, 0.5) is 18.9 Å². The number of hydrogen-bond donors (Lipinski definition) is 1. The van der Waals surface area contributed by atoms with E-state index < -0.39 is 11.7 Å². The fourth-order valence-corrected chi connectivity index (χ4v) is 2.87. The Bertz CT molecular complexity index is 1100.